The van der Waals surface area contributed by atoms with Gasteiger partial charge < -0.3 is 19.7 Å². The van der Waals surface area contributed by atoms with Crippen LogP contribution in [0.3, 0.4) is 0 Å². The van der Waals surface area contributed by atoms with Gasteiger partial charge in [0.25, 0.3) is 0 Å². The standard InChI is InChI=1S/C23H23ClN2O4/c24-18-6-8-20(9-7-18)26-15-13-19(25-14-12-17-4-2-1-3-5-17)16-23(26)29-21(27)10-11-22(28)30-23/h1-11,19,25H,12-16H2. The summed E-state index contributed by atoms with van der Waals surface area (Å²) in [5.74, 6) is -2.72. The van der Waals surface area contributed by atoms with Gasteiger partial charge in [-0.05, 0) is 49.2 Å². The number of anilines is 1. The average Bonchev–Trinajstić information content (AvgIpc) is 2.87. The van der Waals surface area contributed by atoms with E-state index >= 15 is 0 Å². The molecular formula is C23H23ClN2O4. The van der Waals surface area contributed by atoms with E-state index in [-0.39, 0.29) is 6.04 Å². The second-order valence-corrected chi connectivity index (χ2v) is 7.83. The van der Waals surface area contributed by atoms with Crippen LogP contribution in [0.2, 0.25) is 5.02 Å². The van der Waals surface area contributed by atoms with Gasteiger partial charge in [-0.15, -0.1) is 0 Å². The van der Waals surface area contributed by atoms with Crippen LogP contribution < -0.4 is 10.2 Å². The van der Waals surface area contributed by atoms with E-state index in [1.807, 2.05) is 35.2 Å². The molecule has 0 saturated carbocycles. The molecule has 2 aromatic rings. The summed E-state index contributed by atoms with van der Waals surface area (Å²) in [5.41, 5.74) is 2.01. The van der Waals surface area contributed by atoms with Crippen molar-refractivity contribution in [3.05, 3.63) is 77.3 Å². The fourth-order valence-corrected chi connectivity index (χ4v) is 4.02. The summed E-state index contributed by atoms with van der Waals surface area (Å²) in [6, 6.07) is 17.4. The van der Waals surface area contributed by atoms with Gasteiger partial charge in [-0.25, -0.2) is 9.59 Å². The molecule has 0 aliphatic carbocycles. The van der Waals surface area contributed by atoms with Crippen LogP contribution in [0.1, 0.15) is 18.4 Å². The maximum atomic E-state index is 12.2. The molecule has 4 rings (SSSR count). The van der Waals surface area contributed by atoms with E-state index in [0.717, 1.165) is 37.2 Å². The third kappa shape index (κ3) is 4.66. The fraction of sp³-hybridized carbons (Fsp3) is 0.304. The first kappa shape index (κ1) is 20.4. The molecule has 0 radical (unpaired) electrons. The number of nitrogens with zero attached hydrogens (tertiary/aromatic N) is 1. The summed E-state index contributed by atoms with van der Waals surface area (Å²) >= 11 is 6.02. The number of carbonyl (C=O) groups excluding carboxylic acids is 2. The minimum atomic E-state index is -1.51. The lowest BCUT2D eigenvalue weighted by molar-refractivity contribution is -0.228. The smallest absolute Gasteiger partial charge is 0.344 e. The van der Waals surface area contributed by atoms with Gasteiger partial charge in [0.15, 0.2) is 0 Å². The van der Waals surface area contributed by atoms with Crippen molar-refractivity contribution in [1.29, 1.82) is 0 Å². The summed E-state index contributed by atoms with van der Waals surface area (Å²) < 4.78 is 11.4. The Hall–Kier alpha value is -2.83. The second kappa shape index (κ2) is 8.90. The molecule has 2 aromatic carbocycles. The van der Waals surface area contributed by atoms with Crippen LogP contribution in [-0.4, -0.2) is 37.0 Å². The second-order valence-electron chi connectivity index (χ2n) is 7.40. The molecular weight excluding hydrogens is 404 g/mol. The van der Waals surface area contributed by atoms with Gasteiger partial charge in [-0.2, -0.15) is 0 Å². The van der Waals surface area contributed by atoms with Crippen LogP contribution in [0.5, 0.6) is 0 Å². The SMILES string of the molecule is O=C1C=CC(=O)OC2(CC(NCCc3ccccc3)CCN2c2ccc(Cl)cc2)O1. The molecule has 2 aliphatic heterocycles. The Balaban J connectivity index is 1.52. The monoisotopic (exact) mass is 426 g/mol. The van der Waals surface area contributed by atoms with Crippen LogP contribution in [0.4, 0.5) is 5.69 Å². The third-order valence-corrected chi connectivity index (χ3v) is 5.57. The molecule has 1 spiro atoms. The number of hydrogen-bond donors (Lipinski definition) is 1. The van der Waals surface area contributed by atoms with Gasteiger partial charge >= 0.3 is 17.8 Å². The molecule has 1 fully saturated rings. The molecule has 1 saturated heterocycles. The molecule has 0 amide bonds. The Morgan fingerprint density at radius 3 is 2.33 bits per heavy atom. The van der Waals surface area contributed by atoms with Gasteiger partial charge in [-0.1, -0.05) is 41.9 Å². The molecule has 7 heteroatoms. The average molecular weight is 427 g/mol. The van der Waals surface area contributed by atoms with Crippen molar-refractivity contribution in [3.63, 3.8) is 0 Å². The Kier molecular flexibility index (Phi) is 6.06. The normalized spacial score (nSPS) is 20.6. The molecule has 1 unspecified atom stereocenters. The zero-order valence-electron chi connectivity index (χ0n) is 16.4. The minimum absolute atomic E-state index is 0.0240. The maximum absolute atomic E-state index is 12.2. The van der Waals surface area contributed by atoms with E-state index in [9.17, 15) is 9.59 Å². The predicted octanol–water partition coefficient (Wildman–Crippen LogP) is 3.45. The number of rotatable bonds is 5. The van der Waals surface area contributed by atoms with Crippen molar-refractivity contribution in [2.24, 2.45) is 0 Å². The van der Waals surface area contributed by atoms with Crippen molar-refractivity contribution in [1.82, 2.24) is 5.32 Å². The van der Waals surface area contributed by atoms with Crippen molar-refractivity contribution in [2.75, 3.05) is 18.0 Å². The topological polar surface area (TPSA) is 67.9 Å². The highest BCUT2D eigenvalue weighted by atomic mass is 35.5. The number of nitrogens with one attached hydrogen (secondary N) is 1. The summed E-state index contributed by atoms with van der Waals surface area (Å²) in [7, 11) is 0. The van der Waals surface area contributed by atoms with Crippen LogP contribution >= 0.6 is 11.6 Å². The lowest BCUT2D eigenvalue weighted by Crippen LogP contribution is -2.62. The third-order valence-electron chi connectivity index (χ3n) is 5.32. The Morgan fingerprint density at radius 1 is 1.00 bits per heavy atom. The van der Waals surface area contributed by atoms with E-state index in [4.69, 9.17) is 21.1 Å². The van der Waals surface area contributed by atoms with Crippen molar-refractivity contribution >= 4 is 29.2 Å². The van der Waals surface area contributed by atoms with E-state index in [2.05, 4.69) is 17.4 Å². The lowest BCUT2D eigenvalue weighted by Gasteiger charge is -2.47. The summed E-state index contributed by atoms with van der Waals surface area (Å²) in [6.07, 6.45) is 4.21. The maximum Gasteiger partial charge on any atom is 0.344 e. The highest BCUT2D eigenvalue weighted by Gasteiger charge is 2.50. The summed E-state index contributed by atoms with van der Waals surface area (Å²) in [4.78, 5) is 26.3. The quantitative estimate of drug-likeness (QED) is 0.738. The molecule has 1 N–H and O–H groups in total. The zero-order valence-corrected chi connectivity index (χ0v) is 17.2. The van der Waals surface area contributed by atoms with E-state index < -0.39 is 17.8 Å². The predicted molar refractivity (Wildman–Crippen MR) is 114 cm³/mol. The summed E-state index contributed by atoms with van der Waals surface area (Å²) in [6.45, 7) is 1.32. The van der Waals surface area contributed by atoms with Gasteiger partial charge in [0.1, 0.15) is 0 Å². The Bertz CT molecular complexity index is 910. The molecule has 1 atom stereocenters. The van der Waals surface area contributed by atoms with Crippen LogP contribution in [0.15, 0.2) is 66.7 Å². The van der Waals surface area contributed by atoms with Crippen molar-refractivity contribution < 1.29 is 19.1 Å². The lowest BCUT2D eigenvalue weighted by atomic mass is 9.99. The van der Waals surface area contributed by atoms with Crippen LogP contribution in [0.25, 0.3) is 0 Å². The highest BCUT2D eigenvalue weighted by Crippen LogP contribution is 2.37. The number of halogens is 1. The van der Waals surface area contributed by atoms with E-state index in [1.54, 1.807) is 12.1 Å². The Morgan fingerprint density at radius 2 is 1.67 bits per heavy atom. The van der Waals surface area contributed by atoms with Gasteiger partial charge in [0.2, 0.25) is 0 Å². The molecule has 156 valence electrons. The molecule has 0 aromatic heterocycles. The van der Waals surface area contributed by atoms with Crippen molar-refractivity contribution in [3.8, 4) is 0 Å². The van der Waals surface area contributed by atoms with E-state index in [1.165, 1.54) is 5.56 Å². The first-order chi connectivity index (χ1) is 14.5. The molecule has 30 heavy (non-hydrogen) atoms. The molecule has 2 heterocycles. The molecule has 0 bridgehead atoms. The largest absolute Gasteiger partial charge is 0.400 e. The number of benzene rings is 2. The van der Waals surface area contributed by atoms with Gasteiger partial charge in [-0.3, -0.25) is 0 Å². The van der Waals surface area contributed by atoms with Crippen LogP contribution in [-0.2, 0) is 25.5 Å². The first-order valence-electron chi connectivity index (χ1n) is 9.99. The van der Waals surface area contributed by atoms with Crippen LogP contribution in [0, 0.1) is 0 Å². The number of piperidine rings is 1. The number of ether oxygens (including phenoxy) is 2. The van der Waals surface area contributed by atoms with Gasteiger partial charge in [0, 0.05) is 35.4 Å². The molecule has 6 nitrogen and oxygen atoms in total. The molecule has 2 aliphatic rings. The zero-order chi connectivity index (χ0) is 21.0. The highest BCUT2D eigenvalue weighted by molar-refractivity contribution is 6.30. The van der Waals surface area contributed by atoms with Gasteiger partial charge in [0.05, 0.1) is 6.42 Å². The minimum Gasteiger partial charge on any atom is -0.400 e. The number of carbonyl (C=O) groups is 2. The summed E-state index contributed by atoms with van der Waals surface area (Å²) in [5, 5.41) is 4.12. The first-order valence-corrected chi connectivity index (χ1v) is 10.4. The number of hydrogen-bond acceptors (Lipinski definition) is 6. The van der Waals surface area contributed by atoms with E-state index in [0.29, 0.717) is 18.0 Å². The fourth-order valence-electron chi connectivity index (χ4n) is 3.90. The Labute approximate surface area is 180 Å². The number of esters is 2. The van der Waals surface area contributed by atoms with Crippen molar-refractivity contribution in [2.45, 2.75) is 31.2 Å².